The van der Waals surface area contributed by atoms with Crippen molar-refractivity contribution in [3.05, 3.63) is 53.2 Å². The molecule has 0 saturated carbocycles. The molecule has 2 rings (SSSR count). The van der Waals surface area contributed by atoms with Crippen LogP contribution in [0.15, 0.2) is 47.7 Å². The van der Waals surface area contributed by atoms with Crippen LogP contribution in [-0.4, -0.2) is 9.55 Å². The molecule has 0 fully saturated rings. The Balaban J connectivity index is 2.51. The van der Waals surface area contributed by atoms with Crippen molar-refractivity contribution in [2.75, 3.05) is 0 Å². The van der Waals surface area contributed by atoms with E-state index >= 15 is 0 Å². The summed E-state index contributed by atoms with van der Waals surface area (Å²) in [6.07, 6.45) is 5.39. The molecule has 0 aliphatic rings. The third-order valence-corrected chi connectivity index (χ3v) is 2.32. The summed E-state index contributed by atoms with van der Waals surface area (Å²) in [5.41, 5.74) is 2.08. The van der Waals surface area contributed by atoms with Crippen molar-refractivity contribution in [2.45, 2.75) is 13.5 Å². The maximum atomic E-state index is 11.4. The predicted octanol–water partition coefficient (Wildman–Crippen LogP) is 1.93. The lowest BCUT2D eigenvalue weighted by atomic mass is 10.1. The average Bonchev–Trinajstić information content (AvgIpc) is 2.31. The normalized spacial score (nSPS) is 10.2. The largest absolute Gasteiger partial charge is 0.315 e. The van der Waals surface area contributed by atoms with Crippen LogP contribution in [0.5, 0.6) is 0 Å². The number of aryl methyl sites for hydroxylation is 1. The van der Waals surface area contributed by atoms with Gasteiger partial charge in [-0.3, -0.25) is 9.78 Å². The molecule has 15 heavy (non-hydrogen) atoms. The van der Waals surface area contributed by atoms with E-state index in [9.17, 15) is 4.79 Å². The van der Waals surface area contributed by atoms with Crippen LogP contribution in [0.1, 0.15) is 6.92 Å². The van der Waals surface area contributed by atoms with Crippen LogP contribution < -0.4 is 5.56 Å². The van der Waals surface area contributed by atoms with Gasteiger partial charge in [-0.05, 0) is 24.6 Å². The minimum Gasteiger partial charge on any atom is -0.315 e. The summed E-state index contributed by atoms with van der Waals surface area (Å²) in [5.74, 6) is 0. The lowest BCUT2D eigenvalue weighted by Gasteiger charge is -2.05. The van der Waals surface area contributed by atoms with E-state index in [4.69, 9.17) is 0 Å². The fraction of sp³-hybridized carbons (Fsp3) is 0.167. The highest BCUT2D eigenvalue weighted by Gasteiger charge is 1.99. The summed E-state index contributed by atoms with van der Waals surface area (Å²) in [4.78, 5) is 15.4. The number of pyridine rings is 2. The molecule has 76 valence electrons. The molecule has 0 saturated heterocycles. The van der Waals surface area contributed by atoms with Crippen LogP contribution >= 0.6 is 0 Å². The van der Waals surface area contributed by atoms with Crippen molar-refractivity contribution in [1.82, 2.24) is 9.55 Å². The second kappa shape index (κ2) is 4.09. The van der Waals surface area contributed by atoms with Gasteiger partial charge in [0.05, 0.1) is 0 Å². The van der Waals surface area contributed by atoms with Gasteiger partial charge < -0.3 is 4.57 Å². The van der Waals surface area contributed by atoms with Crippen molar-refractivity contribution in [1.29, 1.82) is 0 Å². The van der Waals surface area contributed by atoms with Crippen molar-refractivity contribution in [3.63, 3.8) is 0 Å². The maximum Gasteiger partial charge on any atom is 0.250 e. The number of rotatable bonds is 2. The first-order valence-corrected chi connectivity index (χ1v) is 4.92. The van der Waals surface area contributed by atoms with Gasteiger partial charge in [0.1, 0.15) is 0 Å². The molecule has 0 spiro atoms. The van der Waals surface area contributed by atoms with Gasteiger partial charge in [0.2, 0.25) is 0 Å². The molecule has 0 aromatic carbocycles. The summed E-state index contributed by atoms with van der Waals surface area (Å²) < 4.78 is 1.68. The predicted molar refractivity (Wildman–Crippen MR) is 59.6 cm³/mol. The van der Waals surface area contributed by atoms with Crippen LogP contribution in [0.4, 0.5) is 0 Å². The highest BCUT2D eigenvalue weighted by molar-refractivity contribution is 5.60. The first-order chi connectivity index (χ1) is 7.31. The zero-order valence-corrected chi connectivity index (χ0v) is 8.55. The minimum absolute atomic E-state index is 0.0325. The molecule has 3 heteroatoms. The molecule has 0 aliphatic carbocycles. The topological polar surface area (TPSA) is 34.9 Å². The summed E-state index contributed by atoms with van der Waals surface area (Å²) in [6, 6.07) is 7.28. The van der Waals surface area contributed by atoms with Crippen molar-refractivity contribution < 1.29 is 0 Å². The Morgan fingerprint density at radius 1 is 1.27 bits per heavy atom. The van der Waals surface area contributed by atoms with Gasteiger partial charge in [-0.15, -0.1) is 0 Å². The van der Waals surface area contributed by atoms with E-state index in [-0.39, 0.29) is 5.56 Å². The summed E-state index contributed by atoms with van der Waals surface area (Å²) in [6.45, 7) is 2.64. The van der Waals surface area contributed by atoms with Gasteiger partial charge in [-0.2, -0.15) is 0 Å². The number of hydrogen-bond donors (Lipinski definition) is 0. The van der Waals surface area contributed by atoms with Crippen molar-refractivity contribution >= 4 is 0 Å². The number of hydrogen-bond acceptors (Lipinski definition) is 2. The fourth-order valence-corrected chi connectivity index (χ4v) is 1.48. The molecule has 0 aliphatic heterocycles. The second-order valence-corrected chi connectivity index (χ2v) is 3.28. The molecule has 2 aromatic rings. The van der Waals surface area contributed by atoms with Crippen molar-refractivity contribution in [3.8, 4) is 11.1 Å². The fourth-order valence-electron chi connectivity index (χ4n) is 1.48. The van der Waals surface area contributed by atoms with Gasteiger partial charge in [0.15, 0.2) is 0 Å². The van der Waals surface area contributed by atoms with E-state index in [1.54, 1.807) is 23.0 Å². The van der Waals surface area contributed by atoms with Crippen LogP contribution in [0, 0.1) is 0 Å². The van der Waals surface area contributed by atoms with E-state index in [1.165, 1.54) is 0 Å². The molecule has 0 bridgehead atoms. The van der Waals surface area contributed by atoms with E-state index in [0.717, 1.165) is 11.1 Å². The molecule has 3 nitrogen and oxygen atoms in total. The van der Waals surface area contributed by atoms with E-state index in [1.807, 2.05) is 31.3 Å². The standard InChI is InChI=1S/C12H12N2O/c1-2-14-9-11(5-6-12(14)15)10-4-3-7-13-8-10/h3-9H,2H2,1H3. The first-order valence-electron chi connectivity index (χ1n) is 4.92. The van der Waals surface area contributed by atoms with Gasteiger partial charge in [-0.1, -0.05) is 6.07 Å². The molecule has 0 atom stereocenters. The first kappa shape index (κ1) is 9.65. The molecule has 2 heterocycles. The van der Waals surface area contributed by atoms with E-state index in [2.05, 4.69) is 4.98 Å². The highest BCUT2D eigenvalue weighted by Crippen LogP contribution is 2.15. The summed E-state index contributed by atoms with van der Waals surface area (Å²) in [7, 11) is 0. The van der Waals surface area contributed by atoms with E-state index < -0.39 is 0 Å². The van der Waals surface area contributed by atoms with Gasteiger partial charge in [0, 0.05) is 36.8 Å². The van der Waals surface area contributed by atoms with Gasteiger partial charge in [0.25, 0.3) is 5.56 Å². The zero-order valence-electron chi connectivity index (χ0n) is 8.55. The number of nitrogens with zero attached hydrogens (tertiary/aromatic N) is 2. The smallest absolute Gasteiger partial charge is 0.250 e. The molecule has 2 aromatic heterocycles. The van der Waals surface area contributed by atoms with Gasteiger partial charge >= 0.3 is 0 Å². The summed E-state index contributed by atoms with van der Waals surface area (Å²) >= 11 is 0. The Hall–Kier alpha value is -1.90. The lowest BCUT2D eigenvalue weighted by molar-refractivity contribution is 0.728. The Kier molecular flexibility index (Phi) is 2.63. The Morgan fingerprint density at radius 3 is 2.80 bits per heavy atom. The molecule has 0 unspecified atom stereocenters. The SMILES string of the molecule is CCn1cc(-c2cccnc2)ccc1=O. The third-order valence-electron chi connectivity index (χ3n) is 2.32. The maximum absolute atomic E-state index is 11.4. The van der Waals surface area contributed by atoms with Crippen molar-refractivity contribution in [2.24, 2.45) is 0 Å². The number of aromatic nitrogens is 2. The van der Waals surface area contributed by atoms with Crippen LogP contribution in [0.2, 0.25) is 0 Å². The molecule has 0 N–H and O–H groups in total. The minimum atomic E-state index is 0.0325. The zero-order chi connectivity index (χ0) is 10.7. The third kappa shape index (κ3) is 1.96. The molecular formula is C12H12N2O. The highest BCUT2D eigenvalue weighted by atomic mass is 16.1. The lowest BCUT2D eigenvalue weighted by Crippen LogP contribution is -2.16. The van der Waals surface area contributed by atoms with Crippen LogP contribution in [-0.2, 0) is 6.54 Å². The Morgan fingerprint density at radius 2 is 2.13 bits per heavy atom. The molecule has 0 amide bonds. The Labute approximate surface area is 88.0 Å². The second-order valence-electron chi connectivity index (χ2n) is 3.28. The Bertz CT molecular complexity index is 503. The van der Waals surface area contributed by atoms with E-state index in [0.29, 0.717) is 6.54 Å². The summed E-state index contributed by atoms with van der Waals surface area (Å²) in [5, 5.41) is 0. The van der Waals surface area contributed by atoms with Gasteiger partial charge in [-0.25, -0.2) is 0 Å². The monoisotopic (exact) mass is 200 g/mol. The quantitative estimate of drug-likeness (QED) is 0.742. The van der Waals surface area contributed by atoms with Crippen LogP contribution in [0.3, 0.4) is 0 Å². The van der Waals surface area contributed by atoms with Crippen LogP contribution in [0.25, 0.3) is 11.1 Å². The molecular weight excluding hydrogens is 188 g/mol. The molecule has 0 radical (unpaired) electrons. The average molecular weight is 200 g/mol.